The molecule has 0 saturated carbocycles. The lowest BCUT2D eigenvalue weighted by Gasteiger charge is -2.26. The highest BCUT2D eigenvalue weighted by atomic mass is 32.2. The van der Waals surface area contributed by atoms with Crippen LogP contribution in [0.25, 0.3) is 0 Å². The number of thioether (sulfide) groups is 1. The fourth-order valence-corrected chi connectivity index (χ4v) is 2.21. The van der Waals surface area contributed by atoms with Crippen molar-refractivity contribution in [2.24, 2.45) is 0 Å². The molecule has 0 unspecified atom stereocenters. The van der Waals surface area contributed by atoms with Crippen molar-refractivity contribution in [3.8, 4) is 0 Å². The zero-order chi connectivity index (χ0) is 14.1. The zero-order valence-corrected chi connectivity index (χ0v) is 11.8. The number of nitrogens with one attached hydrogen (secondary N) is 2. The van der Waals surface area contributed by atoms with E-state index in [1.165, 1.54) is 11.8 Å². The molecule has 19 heavy (non-hydrogen) atoms. The first-order valence-electron chi connectivity index (χ1n) is 6.10. The summed E-state index contributed by atoms with van der Waals surface area (Å²) >= 11 is 1.25. The third kappa shape index (κ3) is 6.32. The van der Waals surface area contributed by atoms with E-state index in [0.717, 1.165) is 6.42 Å². The number of carbonyl (C=O) groups is 3. The smallest absolute Gasteiger partial charge is 0.409 e. The average Bonchev–Trinajstić information content (AvgIpc) is 2.40. The number of hydrogen-bond acceptors (Lipinski definition) is 5. The fourth-order valence-electron chi connectivity index (χ4n) is 1.49. The van der Waals surface area contributed by atoms with Gasteiger partial charge in [-0.25, -0.2) is 4.79 Å². The quantitative estimate of drug-likeness (QED) is 0.655. The van der Waals surface area contributed by atoms with Crippen molar-refractivity contribution in [2.45, 2.75) is 6.42 Å². The van der Waals surface area contributed by atoms with Crippen LogP contribution < -0.4 is 10.6 Å². The first kappa shape index (κ1) is 15.6. The molecule has 108 valence electrons. The summed E-state index contributed by atoms with van der Waals surface area (Å²) in [4.78, 5) is 35.2. The number of hydrogen-bond donors (Lipinski definition) is 2. The van der Waals surface area contributed by atoms with Gasteiger partial charge in [0.1, 0.15) is 0 Å². The molecule has 0 bridgehead atoms. The highest BCUT2D eigenvalue weighted by Crippen LogP contribution is 2.03. The van der Waals surface area contributed by atoms with Crippen LogP contribution in [0.1, 0.15) is 6.42 Å². The van der Waals surface area contributed by atoms with Crippen molar-refractivity contribution < 1.29 is 19.1 Å². The maximum Gasteiger partial charge on any atom is 0.409 e. The Morgan fingerprint density at radius 1 is 1.37 bits per heavy atom. The molecule has 0 atom stereocenters. The molecule has 1 rings (SSSR count). The van der Waals surface area contributed by atoms with Crippen LogP contribution in [0.3, 0.4) is 0 Å². The van der Waals surface area contributed by atoms with E-state index < -0.39 is 0 Å². The Labute approximate surface area is 116 Å². The molecule has 1 fully saturated rings. The van der Waals surface area contributed by atoms with Crippen molar-refractivity contribution in [1.29, 1.82) is 0 Å². The lowest BCUT2D eigenvalue weighted by molar-refractivity contribution is -0.118. The lowest BCUT2D eigenvalue weighted by Crippen LogP contribution is -2.42. The van der Waals surface area contributed by atoms with E-state index in [-0.39, 0.29) is 29.4 Å². The number of ether oxygens (including phenoxy) is 1. The van der Waals surface area contributed by atoms with Crippen LogP contribution in [-0.2, 0) is 14.3 Å². The van der Waals surface area contributed by atoms with Gasteiger partial charge in [0.15, 0.2) is 0 Å². The van der Waals surface area contributed by atoms with Crippen LogP contribution in [0, 0.1) is 0 Å². The number of nitrogens with zero attached hydrogens (tertiary/aromatic N) is 1. The Morgan fingerprint density at radius 2 is 2.11 bits per heavy atom. The second-order valence-corrected chi connectivity index (χ2v) is 4.96. The minimum Gasteiger partial charge on any atom is -0.449 e. The van der Waals surface area contributed by atoms with E-state index in [4.69, 9.17) is 4.74 Å². The normalized spacial score (nSPS) is 14.8. The monoisotopic (exact) mass is 289 g/mol. The molecule has 0 aromatic heterocycles. The Bertz CT molecular complexity index is 338. The summed E-state index contributed by atoms with van der Waals surface area (Å²) in [6.45, 7) is 1.98. The molecule has 8 heteroatoms. The van der Waals surface area contributed by atoms with Gasteiger partial charge in [-0.15, -0.1) is 11.8 Å². The molecule has 0 radical (unpaired) electrons. The fraction of sp³-hybridized carbons (Fsp3) is 0.727. The topological polar surface area (TPSA) is 87.7 Å². The second-order valence-electron chi connectivity index (χ2n) is 3.97. The van der Waals surface area contributed by atoms with Gasteiger partial charge < -0.3 is 20.3 Å². The van der Waals surface area contributed by atoms with E-state index in [1.807, 2.05) is 0 Å². The number of carbonyl (C=O) groups excluding carboxylic acids is 3. The summed E-state index contributed by atoms with van der Waals surface area (Å²) in [7, 11) is 1.56. The highest BCUT2D eigenvalue weighted by molar-refractivity contribution is 8.00. The minimum atomic E-state index is -0.325. The van der Waals surface area contributed by atoms with E-state index in [0.29, 0.717) is 26.2 Å². The van der Waals surface area contributed by atoms with E-state index in [2.05, 4.69) is 10.6 Å². The van der Waals surface area contributed by atoms with Crippen LogP contribution in [-0.4, -0.2) is 67.6 Å². The van der Waals surface area contributed by atoms with E-state index >= 15 is 0 Å². The van der Waals surface area contributed by atoms with Gasteiger partial charge in [0.25, 0.3) is 0 Å². The van der Waals surface area contributed by atoms with Gasteiger partial charge in [-0.1, -0.05) is 0 Å². The molecule has 7 nitrogen and oxygen atoms in total. The summed E-state index contributed by atoms with van der Waals surface area (Å²) in [6, 6.07) is 0. The van der Waals surface area contributed by atoms with E-state index in [1.54, 1.807) is 11.9 Å². The van der Waals surface area contributed by atoms with Gasteiger partial charge in [-0.05, 0) is 6.42 Å². The van der Waals surface area contributed by atoms with Crippen LogP contribution in [0.15, 0.2) is 0 Å². The van der Waals surface area contributed by atoms with Gasteiger partial charge >= 0.3 is 6.09 Å². The first-order valence-corrected chi connectivity index (χ1v) is 7.25. The van der Waals surface area contributed by atoms with Crippen LogP contribution >= 0.6 is 11.8 Å². The van der Waals surface area contributed by atoms with Crippen LogP contribution in [0.2, 0.25) is 0 Å². The Hall–Kier alpha value is -1.44. The molecule has 1 saturated heterocycles. The highest BCUT2D eigenvalue weighted by Gasteiger charge is 2.18. The molecule has 0 aromatic carbocycles. The third-order valence-electron chi connectivity index (χ3n) is 2.51. The molecule has 3 amide bonds. The zero-order valence-electron chi connectivity index (χ0n) is 10.9. The molecule has 1 aliphatic rings. The summed E-state index contributed by atoms with van der Waals surface area (Å²) in [5, 5.41) is 5.18. The van der Waals surface area contributed by atoms with Gasteiger partial charge in [0.2, 0.25) is 11.8 Å². The van der Waals surface area contributed by atoms with Gasteiger partial charge in [-0.3, -0.25) is 9.59 Å². The standard InChI is InChI=1S/C11H19N3O4S/c1-12-9(15)7-19-8-10(16)13-3-5-14-4-2-6-18-11(14)17/h2-8H2,1H3,(H,12,15)(H,13,16). The van der Waals surface area contributed by atoms with Crippen molar-refractivity contribution >= 4 is 29.7 Å². The Kier molecular flexibility index (Phi) is 7.09. The summed E-state index contributed by atoms with van der Waals surface area (Å²) < 4.78 is 4.88. The van der Waals surface area contributed by atoms with Gasteiger partial charge in [0, 0.05) is 26.7 Å². The van der Waals surface area contributed by atoms with Gasteiger partial charge in [0.05, 0.1) is 18.1 Å². The predicted molar refractivity (Wildman–Crippen MR) is 71.9 cm³/mol. The average molecular weight is 289 g/mol. The number of cyclic esters (lactones) is 1. The number of rotatable bonds is 7. The maximum absolute atomic E-state index is 11.4. The first-order chi connectivity index (χ1) is 9.13. The maximum atomic E-state index is 11.4. The lowest BCUT2D eigenvalue weighted by atomic mass is 10.3. The Balaban J connectivity index is 2.06. The van der Waals surface area contributed by atoms with Crippen LogP contribution in [0.5, 0.6) is 0 Å². The van der Waals surface area contributed by atoms with Gasteiger partial charge in [-0.2, -0.15) is 0 Å². The third-order valence-corrected chi connectivity index (χ3v) is 3.44. The van der Waals surface area contributed by atoms with Crippen molar-refractivity contribution in [3.05, 3.63) is 0 Å². The SMILES string of the molecule is CNC(=O)CSCC(=O)NCCN1CCCOC1=O. The van der Waals surface area contributed by atoms with Crippen molar-refractivity contribution in [1.82, 2.24) is 15.5 Å². The summed E-state index contributed by atoms with van der Waals surface area (Å²) in [6.07, 6.45) is 0.497. The molecular weight excluding hydrogens is 270 g/mol. The summed E-state index contributed by atoms with van der Waals surface area (Å²) in [5.41, 5.74) is 0. The van der Waals surface area contributed by atoms with Crippen molar-refractivity contribution in [3.63, 3.8) is 0 Å². The predicted octanol–water partition coefficient (Wildman–Crippen LogP) is -0.576. The Morgan fingerprint density at radius 3 is 2.79 bits per heavy atom. The van der Waals surface area contributed by atoms with E-state index in [9.17, 15) is 14.4 Å². The van der Waals surface area contributed by atoms with Crippen molar-refractivity contribution in [2.75, 3.05) is 44.8 Å². The molecule has 1 heterocycles. The molecule has 0 spiro atoms. The van der Waals surface area contributed by atoms with Crippen LogP contribution in [0.4, 0.5) is 4.79 Å². The number of amides is 3. The molecule has 1 aliphatic heterocycles. The molecule has 0 aliphatic carbocycles. The molecule has 0 aromatic rings. The summed E-state index contributed by atoms with van der Waals surface area (Å²) in [5.74, 6) is 0.258. The molecular formula is C11H19N3O4S. The molecule has 2 N–H and O–H groups in total. The largest absolute Gasteiger partial charge is 0.449 e. The second kappa shape index (κ2) is 8.63. The minimum absolute atomic E-state index is 0.103.